The van der Waals surface area contributed by atoms with Gasteiger partial charge >= 0.3 is 0 Å². The molecule has 0 atom stereocenters. The quantitative estimate of drug-likeness (QED) is 0.640. The van der Waals surface area contributed by atoms with Crippen molar-refractivity contribution in [2.45, 2.75) is 0 Å². The Morgan fingerprint density at radius 1 is 1.29 bits per heavy atom. The lowest BCUT2D eigenvalue weighted by Crippen LogP contribution is -2.13. The van der Waals surface area contributed by atoms with E-state index in [1.54, 1.807) is 6.07 Å². The lowest BCUT2D eigenvalue weighted by molar-refractivity contribution is -0.384. The minimum Gasteiger partial charge on any atom is -0.319 e. The highest BCUT2D eigenvalue weighted by Gasteiger charge is 2.16. The molecule has 8 heteroatoms. The van der Waals surface area contributed by atoms with Gasteiger partial charge in [0.2, 0.25) is 0 Å². The fraction of sp³-hybridized carbons (Fsp3) is 0. The van der Waals surface area contributed by atoms with Gasteiger partial charge in [-0.3, -0.25) is 14.9 Å². The Morgan fingerprint density at radius 2 is 2.00 bits per heavy atom. The molecule has 0 heterocycles. The molecule has 2 rings (SSSR count). The number of non-ortho nitro benzene ring substituents is 1. The Bertz CT molecular complexity index is 739. The Hall–Kier alpha value is -1.99. The maximum Gasteiger partial charge on any atom is 0.271 e. The molecule has 0 saturated carbocycles. The zero-order valence-corrected chi connectivity index (χ0v) is 12.6. The summed E-state index contributed by atoms with van der Waals surface area (Å²) in [7, 11) is 0. The molecular weight excluding hydrogens is 367 g/mol. The Balaban J connectivity index is 2.33. The monoisotopic (exact) mass is 372 g/mol. The van der Waals surface area contributed by atoms with E-state index < -0.39 is 16.6 Å². The molecule has 0 bridgehead atoms. The molecule has 2 aromatic rings. The Labute approximate surface area is 132 Å². The third kappa shape index (κ3) is 3.56. The van der Waals surface area contributed by atoms with Crippen LogP contribution >= 0.6 is 27.5 Å². The number of carbonyl (C=O) groups is 1. The van der Waals surface area contributed by atoms with Crippen molar-refractivity contribution in [1.29, 1.82) is 0 Å². The van der Waals surface area contributed by atoms with Crippen molar-refractivity contribution in [3.63, 3.8) is 0 Å². The smallest absolute Gasteiger partial charge is 0.271 e. The van der Waals surface area contributed by atoms with E-state index in [4.69, 9.17) is 11.6 Å². The lowest BCUT2D eigenvalue weighted by atomic mass is 10.2. The van der Waals surface area contributed by atoms with Crippen LogP contribution in [0.25, 0.3) is 0 Å². The number of halogens is 3. The van der Waals surface area contributed by atoms with Gasteiger partial charge in [0.05, 0.1) is 21.2 Å². The molecule has 108 valence electrons. The summed E-state index contributed by atoms with van der Waals surface area (Å²) in [5.41, 5.74) is -0.491. The van der Waals surface area contributed by atoms with Crippen molar-refractivity contribution < 1.29 is 14.1 Å². The molecule has 0 spiro atoms. The summed E-state index contributed by atoms with van der Waals surface area (Å²) in [4.78, 5) is 22.1. The van der Waals surface area contributed by atoms with Crippen molar-refractivity contribution in [1.82, 2.24) is 0 Å². The molecule has 0 radical (unpaired) electrons. The van der Waals surface area contributed by atoms with Crippen LogP contribution in [0.15, 0.2) is 40.9 Å². The third-order valence-corrected chi connectivity index (χ3v) is 3.40. The lowest BCUT2D eigenvalue weighted by Gasteiger charge is -2.08. The first-order valence-electron chi connectivity index (χ1n) is 5.59. The van der Waals surface area contributed by atoms with Crippen LogP contribution in [-0.2, 0) is 0 Å². The summed E-state index contributed by atoms with van der Waals surface area (Å²) >= 11 is 9.09. The van der Waals surface area contributed by atoms with Gasteiger partial charge in [-0.2, -0.15) is 0 Å². The standard InChI is InChI=1S/C13H7BrClFN2O3/c14-7-1-3-10(15)9(5-7)13(19)17-12-6-8(18(20)21)2-4-11(12)16/h1-6H,(H,17,19). The maximum absolute atomic E-state index is 13.6. The number of carbonyl (C=O) groups excluding carboxylic acids is 1. The van der Waals surface area contributed by atoms with Gasteiger partial charge in [-0.1, -0.05) is 27.5 Å². The van der Waals surface area contributed by atoms with Crippen LogP contribution in [0.2, 0.25) is 5.02 Å². The number of anilines is 1. The normalized spacial score (nSPS) is 10.2. The number of amides is 1. The summed E-state index contributed by atoms with van der Waals surface area (Å²) < 4.78 is 14.2. The molecule has 0 aliphatic rings. The summed E-state index contributed by atoms with van der Waals surface area (Å²) in [5, 5.41) is 13.1. The topological polar surface area (TPSA) is 72.2 Å². The zero-order valence-electron chi connectivity index (χ0n) is 10.3. The number of benzene rings is 2. The number of hydrogen-bond donors (Lipinski definition) is 1. The van der Waals surface area contributed by atoms with Crippen molar-refractivity contribution in [2.24, 2.45) is 0 Å². The van der Waals surface area contributed by atoms with Crippen molar-refractivity contribution >= 4 is 44.8 Å². The highest BCUT2D eigenvalue weighted by atomic mass is 79.9. The number of nitro groups is 1. The second-order valence-electron chi connectivity index (χ2n) is 4.00. The average molecular weight is 374 g/mol. The summed E-state index contributed by atoms with van der Waals surface area (Å²) in [5.74, 6) is -1.44. The van der Waals surface area contributed by atoms with Crippen LogP contribution in [-0.4, -0.2) is 10.8 Å². The second-order valence-corrected chi connectivity index (χ2v) is 5.32. The first-order chi connectivity index (χ1) is 9.88. The number of nitro benzene ring substituents is 1. The predicted molar refractivity (Wildman–Crippen MR) is 80.2 cm³/mol. The van der Waals surface area contributed by atoms with E-state index in [0.717, 1.165) is 18.2 Å². The highest BCUT2D eigenvalue weighted by molar-refractivity contribution is 9.10. The SMILES string of the molecule is O=C(Nc1cc([N+](=O)[O-])ccc1F)c1cc(Br)ccc1Cl. The van der Waals surface area contributed by atoms with Gasteiger partial charge in [0.1, 0.15) is 5.82 Å². The minimum atomic E-state index is -0.778. The Morgan fingerprint density at radius 3 is 2.67 bits per heavy atom. The molecule has 1 amide bonds. The van der Waals surface area contributed by atoms with E-state index in [0.29, 0.717) is 4.47 Å². The van der Waals surface area contributed by atoms with Crippen LogP contribution in [0.4, 0.5) is 15.8 Å². The van der Waals surface area contributed by atoms with Gasteiger partial charge in [0, 0.05) is 16.6 Å². The van der Waals surface area contributed by atoms with Crippen LogP contribution in [0.1, 0.15) is 10.4 Å². The number of rotatable bonds is 3. The molecule has 2 aromatic carbocycles. The van der Waals surface area contributed by atoms with Crippen LogP contribution in [0, 0.1) is 15.9 Å². The average Bonchev–Trinajstić information content (AvgIpc) is 2.43. The van der Waals surface area contributed by atoms with Gasteiger partial charge in [-0.15, -0.1) is 0 Å². The fourth-order valence-corrected chi connectivity index (χ4v) is 2.15. The molecule has 1 N–H and O–H groups in total. The Kier molecular flexibility index (Phi) is 4.54. The maximum atomic E-state index is 13.6. The van der Waals surface area contributed by atoms with Crippen LogP contribution in [0.3, 0.4) is 0 Å². The molecule has 0 aliphatic heterocycles. The summed E-state index contributed by atoms with van der Waals surface area (Å²) in [6.45, 7) is 0. The first kappa shape index (κ1) is 15.4. The van der Waals surface area contributed by atoms with Gasteiger partial charge < -0.3 is 5.32 Å². The van der Waals surface area contributed by atoms with Gasteiger partial charge in [-0.25, -0.2) is 4.39 Å². The molecule has 0 aliphatic carbocycles. The largest absolute Gasteiger partial charge is 0.319 e. The van der Waals surface area contributed by atoms with E-state index in [1.807, 2.05) is 0 Å². The van der Waals surface area contributed by atoms with Crippen molar-refractivity contribution in [3.05, 3.63) is 67.4 Å². The third-order valence-electron chi connectivity index (χ3n) is 2.58. The molecular formula is C13H7BrClFN2O3. The molecule has 5 nitrogen and oxygen atoms in total. The van der Waals surface area contributed by atoms with Gasteiger partial charge in [-0.05, 0) is 24.3 Å². The summed E-state index contributed by atoms with van der Waals surface area (Å²) in [6.07, 6.45) is 0. The number of hydrogen-bond acceptors (Lipinski definition) is 3. The molecule has 0 saturated heterocycles. The van der Waals surface area contributed by atoms with Gasteiger partial charge in [0.25, 0.3) is 11.6 Å². The van der Waals surface area contributed by atoms with Crippen molar-refractivity contribution in [2.75, 3.05) is 5.32 Å². The summed E-state index contributed by atoms with van der Waals surface area (Å²) in [6, 6.07) is 7.48. The van der Waals surface area contributed by atoms with E-state index in [-0.39, 0.29) is 22.0 Å². The first-order valence-corrected chi connectivity index (χ1v) is 6.76. The molecule has 0 unspecified atom stereocenters. The molecule has 0 aromatic heterocycles. The van der Waals surface area contributed by atoms with Crippen LogP contribution in [0.5, 0.6) is 0 Å². The fourth-order valence-electron chi connectivity index (χ4n) is 1.58. The van der Waals surface area contributed by atoms with Crippen molar-refractivity contribution in [3.8, 4) is 0 Å². The highest BCUT2D eigenvalue weighted by Crippen LogP contribution is 2.25. The van der Waals surface area contributed by atoms with E-state index in [9.17, 15) is 19.3 Å². The molecule has 0 fully saturated rings. The number of nitrogens with one attached hydrogen (secondary N) is 1. The second kappa shape index (κ2) is 6.19. The minimum absolute atomic E-state index is 0.122. The molecule has 21 heavy (non-hydrogen) atoms. The van der Waals surface area contributed by atoms with Crippen LogP contribution < -0.4 is 5.32 Å². The van der Waals surface area contributed by atoms with E-state index >= 15 is 0 Å². The van der Waals surface area contributed by atoms with E-state index in [2.05, 4.69) is 21.2 Å². The zero-order chi connectivity index (χ0) is 15.6. The predicted octanol–water partition coefficient (Wildman–Crippen LogP) is 4.40. The van der Waals surface area contributed by atoms with E-state index in [1.165, 1.54) is 12.1 Å². The number of nitrogens with zero attached hydrogens (tertiary/aromatic N) is 1. The van der Waals surface area contributed by atoms with Gasteiger partial charge in [0.15, 0.2) is 0 Å².